The van der Waals surface area contributed by atoms with Gasteiger partial charge in [0, 0.05) is 0 Å². The van der Waals surface area contributed by atoms with Crippen LogP contribution >= 0.6 is 0 Å². The third kappa shape index (κ3) is 2.60. The summed E-state index contributed by atoms with van der Waals surface area (Å²) in [5, 5.41) is 0. The summed E-state index contributed by atoms with van der Waals surface area (Å²) in [6, 6.07) is 8.93. The first-order valence-corrected chi connectivity index (χ1v) is 10.1. The van der Waals surface area contributed by atoms with E-state index >= 15 is 0 Å². The number of hydrogen-bond acceptors (Lipinski definition) is 0. The van der Waals surface area contributed by atoms with Gasteiger partial charge in [0.25, 0.3) is 0 Å². The average Bonchev–Trinajstić information content (AvgIpc) is 2.03. The molecule has 0 aliphatic heterocycles. The third-order valence-electron chi connectivity index (χ3n) is 2.27. The van der Waals surface area contributed by atoms with E-state index < -0.39 is 14.3 Å². The zero-order valence-electron chi connectivity index (χ0n) is 9.31. The third-order valence-corrected chi connectivity index (χ3v) is 5.45. The van der Waals surface area contributed by atoms with Gasteiger partial charge in [0.05, 0.1) is 0 Å². The fraction of sp³-hybridized carbons (Fsp3) is 0.500. The number of benzene rings is 1. The fourth-order valence-corrected chi connectivity index (χ4v) is 4.57. The molecule has 0 bridgehead atoms. The summed E-state index contributed by atoms with van der Waals surface area (Å²) >= 11 is -0.926. The molecule has 71 valence electrons. The molecule has 0 N–H and O–H groups in total. The minimum absolute atomic E-state index is 0.306. The number of hydrogen-bond donors (Lipinski definition) is 0. The number of rotatable bonds is 1. The molecular weight excluding hydrogens is 217 g/mol. The molecule has 1 rings (SSSR count). The van der Waals surface area contributed by atoms with Gasteiger partial charge in [-0.3, -0.25) is 0 Å². The molecule has 0 unspecified atom stereocenters. The van der Waals surface area contributed by atoms with Crippen molar-refractivity contribution in [2.75, 3.05) is 0 Å². The van der Waals surface area contributed by atoms with Gasteiger partial charge in [-0.1, -0.05) is 0 Å². The van der Waals surface area contributed by atoms with Gasteiger partial charge in [0.2, 0.25) is 0 Å². The predicted molar refractivity (Wildman–Crippen MR) is 62.3 cm³/mol. The molecule has 13 heavy (non-hydrogen) atoms. The molecule has 0 saturated heterocycles. The van der Waals surface area contributed by atoms with Gasteiger partial charge in [-0.25, -0.2) is 0 Å². The van der Waals surface area contributed by atoms with Crippen molar-refractivity contribution in [2.24, 2.45) is 0 Å². The van der Waals surface area contributed by atoms with Crippen molar-refractivity contribution in [1.82, 2.24) is 0 Å². The Morgan fingerprint density at radius 2 is 1.54 bits per heavy atom. The van der Waals surface area contributed by atoms with Gasteiger partial charge in [0.15, 0.2) is 0 Å². The van der Waals surface area contributed by atoms with Crippen LogP contribution in [0.15, 0.2) is 24.3 Å². The molecule has 0 atom stereocenters. The summed E-state index contributed by atoms with van der Waals surface area (Å²) in [4.78, 5) is 0. The van der Waals surface area contributed by atoms with E-state index in [0.717, 1.165) is 0 Å². The Balaban J connectivity index is 3.20. The predicted octanol–water partition coefficient (Wildman–Crippen LogP) is 2.95. The maximum atomic E-state index is 2.42. The van der Waals surface area contributed by atoms with Crippen LogP contribution in [0.25, 0.3) is 0 Å². The Morgan fingerprint density at radius 3 is 1.92 bits per heavy atom. The van der Waals surface area contributed by atoms with Crippen LogP contribution < -0.4 is 4.40 Å². The van der Waals surface area contributed by atoms with E-state index in [1.165, 1.54) is 0 Å². The summed E-state index contributed by atoms with van der Waals surface area (Å²) in [5.74, 6) is 4.84. The Bertz CT molecular complexity index is 281. The van der Waals surface area contributed by atoms with Crippen molar-refractivity contribution in [3.63, 3.8) is 0 Å². The van der Waals surface area contributed by atoms with E-state index in [4.69, 9.17) is 0 Å². The van der Waals surface area contributed by atoms with Crippen LogP contribution in [-0.4, -0.2) is 14.3 Å². The topological polar surface area (TPSA) is 0 Å². The molecule has 0 fully saturated rings. The van der Waals surface area contributed by atoms with Crippen molar-refractivity contribution >= 4 is 18.7 Å². The molecule has 1 aromatic carbocycles. The first kappa shape index (κ1) is 10.8. The van der Waals surface area contributed by atoms with E-state index in [1.54, 1.807) is 9.96 Å². The molecule has 1 radical (unpaired) electrons. The SMILES string of the molecule is [CH3][Ge]([CH3])[c]1ccccc1C(C)(C)C. The molecule has 0 amide bonds. The normalized spacial score (nSPS) is 12.2. The zero-order valence-corrected chi connectivity index (χ0v) is 11.4. The summed E-state index contributed by atoms with van der Waals surface area (Å²) < 4.78 is 1.65. The van der Waals surface area contributed by atoms with Crippen molar-refractivity contribution in [3.05, 3.63) is 29.8 Å². The van der Waals surface area contributed by atoms with Gasteiger partial charge < -0.3 is 0 Å². The van der Waals surface area contributed by atoms with Gasteiger partial charge in [-0.15, -0.1) is 0 Å². The first-order chi connectivity index (χ1) is 5.93. The minimum atomic E-state index is -0.926. The van der Waals surface area contributed by atoms with Crippen LogP contribution in [0.5, 0.6) is 0 Å². The first-order valence-electron chi connectivity index (χ1n) is 4.83. The molecule has 0 heterocycles. The average molecular weight is 236 g/mol. The van der Waals surface area contributed by atoms with Crippen molar-refractivity contribution < 1.29 is 0 Å². The van der Waals surface area contributed by atoms with E-state index in [0.29, 0.717) is 5.41 Å². The summed E-state index contributed by atoms with van der Waals surface area (Å²) in [6.45, 7) is 6.90. The van der Waals surface area contributed by atoms with Gasteiger partial charge in [-0.2, -0.15) is 0 Å². The van der Waals surface area contributed by atoms with Crippen LogP contribution in [0.4, 0.5) is 0 Å². The molecule has 0 saturated carbocycles. The molecule has 0 aromatic heterocycles. The van der Waals surface area contributed by atoms with Gasteiger partial charge in [-0.05, 0) is 0 Å². The van der Waals surface area contributed by atoms with E-state index in [9.17, 15) is 0 Å². The van der Waals surface area contributed by atoms with Crippen molar-refractivity contribution in [1.29, 1.82) is 0 Å². The maximum absolute atomic E-state index is 2.42. The van der Waals surface area contributed by atoms with Gasteiger partial charge >= 0.3 is 86.3 Å². The van der Waals surface area contributed by atoms with Crippen molar-refractivity contribution in [3.8, 4) is 0 Å². The summed E-state index contributed by atoms with van der Waals surface area (Å²) in [7, 11) is 0. The standard InChI is InChI=1S/C12H19Ge/c1-12(2,3)10-8-6-7-9-11(10)13(4)5/h6-9H,1-5H3. The van der Waals surface area contributed by atoms with E-state index in [-0.39, 0.29) is 0 Å². The van der Waals surface area contributed by atoms with Crippen molar-refractivity contribution in [2.45, 2.75) is 37.7 Å². The quantitative estimate of drug-likeness (QED) is 0.657. The Hall–Kier alpha value is -0.237. The molecule has 0 spiro atoms. The van der Waals surface area contributed by atoms with Crippen LogP contribution in [0.1, 0.15) is 26.3 Å². The Kier molecular flexibility index (Phi) is 3.23. The second-order valence-electron chi connectivity index (χ2n) is 4.80. The summed E-state index contributed by atoms with van der Waals surface area (Å²) in [6.07, 6.45) is 0. The monoisotopic (exact) mass is 237 g/mol. The Labute approximate surface area is 86.5 Å². The fourth-order valence-electron chi connectivity index (χ4n) is 1.57. The van der Waals surface area contributed by atoms with E-state index in [1.807, 2.05) is 0 Å². The second kappa shape index (κ2) is 3.87. The molecule has 1 aromatic rings. The van der Waals surface area contributed by atoms with Crippen LogP contribution in [0, 0.1) is 0 Å². The van der Waals surface area contributed by atoms with Crippen LogP contribution in [0.3, 0.4) is 0 Å². The molecule has 0 aliphatic rings. The molecule has 0 nitrogen and oxygen atoms in total. The van der Waals surface area contributed by atoms with Crippen LogP contribution in [0.2, 0.25) is 11.5 Å². The molecular formula is C12H19Ge. The van der Waals surface area contributed by atoms with Gasteiger partial charge in [0.1, 0.15) is 0 Å². The van der Waals surface area contributed by atoms with E-state index in [2.05, 4.69) is 56.5 Å². The zero-order chi connectivity index (χ0) is 10.1. The summed E-state index contributed by atoms with van der Waals surface area (Å²) in [5.41, 5.74) is 1.86. The van der Waals surface area contributed by atoms with Crippen LogP contribution in [-0.2, 0) is 5.41 Å². The molecule has 0 aliphatic carbocycles. The molecule has 1 heteroatoms. The second-order valence-corrected chi connectivity index (χ2v) is 10.1. The Morgan fingerprint density at radius 1 is 1.00 bits per heavy atom.